The van der Waals surface area contributed by atoms with Crippen LogP contribution in [-0.2, 0) is 0 Å². The normalized spacial score (nSPS) is 18.2. The monoisotopic (exact) mass is 303 g/mol. The molecule has 1 saturated heterocycles. The van der Waals surface area contributed by atoms with Crippen molar-refractivity contribution in [1.82, 2.24) is 15.0 Å². The second-order valence-electron chi connectivity index (χ2n) is 5.04. The lowest BCUT2D eigenvalue weighted by molar-refractivity contribution is 0.0706. The Balaban J connectivity index is 1.89. The number of thioether (sulfide) groups is 1. The Bertz CT molecular complexity index is 656. The van der Waals surface area contributed by atoms with Crippen LogP contribution in [0.15, 0.2) is 33.7 Å². The van der Waals surface area contributed by atoms with Gasteiger partial charge in [0.15, 0.2) is 5.82 Å². The highest BCUT2D eigenvalue weighted by Gasteiger charge is 2.34. The lowest BCUT2D eigenvalue weighted by Crippen LogP contribution is -2.31. The van der Waals surface area contributed by atoms with Crippen LogP contribution in [0.3, 0.4) is 0 Å². The minimum atomic E-state index is -0.103. The van der Waals surface area contributed by atoms with Crippen LogP contribution in [-0.4, -0.2) is 33.7 Å². The molecular weight excluding hydrogens is 286 g/mol. The van der Waals surface area contributed by atoms with Gasteiger partial charge < -0.3 is 9.42 Å². The van der Waals surface area contributed by atoms with Crippen LogP contribution >= 0.6 is 11.8 Å². The van der Waals surface area contributed by atoms with E-state index in [2.05, 4.69) is 10.1 Å². The second-order valence-corrected chi connectivity index (χ2v) is 5.88. The highest BCUT2D eigenvalue weighted by Crippen LogP contribution is 2.33. The van der Waals surface area contributed by atoms with Crippen LogP contribution in [0.5, 0.6) is 0 Å². The first-order valence-corrected chi connectivity index (χ1v) is 8.17. The maximum atomic E-state index is 12.8. The molecule has 1 atom stereocenters. The molecule has 0 saturated carbocycles. The number of hydrogen-bond donors (Lipinski definition) is 0. The third-order valence-electron chi connectivity index (χ3n) is 3.68. The van der Waals surface area contributed by atoms with Crippen molar-refractivity contribution < 1.29 is 9.32 Å². The quantitative estimate of drug-likeness (QED) is 0.816. The van der Waals surface area contributed by atoms with E-state index < -0.39 is 0 Å². The van der Waals surface area contributed by atoms with Gasteiger partial charge in [-0.15, -0.1) is 11.8 Å². The van der Waals surface area contributed by atoms with E-state index in [-0.39, 0.29) is 11.9 Å². The molecule has 1 fully saturated rings. The topological polar surface area (TPSA) is 59.2 Å². The van der Waals surface area contributed by atoms with Crippen molar-refractivity contribution in [1.29, 1.82) is 0 Å². The average Bonchev–Trinajstić information content (AvgIpc) is 3.14. The van der Waals surface area contributed by atoms with Gasteiger partial charge in [-0.25, -0.2) is 0 Å². The van der Waals surface area contributed by atoms with Crippen LogP contribution in [0.2, 0.25) is 0 Å². The Hall–Kier alpha value is -1.82. The van der Waals surface area contributed by atoms with Crippen molar-refractivity contribution >= 4 is 17.7 Å². The molecule has 1 aliphatic rings. The Labute approximate surface area is 127 Å². The number of aromatic nitrogens is 2. The Kier molecular flexibility index (Phi) is 3.96. The first-order valence-electron chi connectivity index (χ1n) is 6.95. The summed E-state index contributed by atoms with van der Waals surface area (Å²) in [6.07, 6.45) is 3.81. The molecule has 1 amide bonds. The van der Waals surface area contributed by atoms with Gasteiger partial charge in [0.1, 0.15) is 6.04 Å². The fourth-order valence-corrected chi connectivity index (χ4v) is 3.28. The van der Waals surface area contributed by atoms with Crippen molar-refractivity contribution in [3.8, 4) is 0 Å². The summed E-state index contributed by atoms with van der Waals surface area (Å²) in [5.74, 6) is 1.19. The summed E-state index contributed by atoms with van der Waals surface area (Å²) in [6, 6.07) is 7.59. The SMILES string of the molecule is CSc1ccccc1C(=O)N1CCCC1c1nc(C)no1. The molecule has 0 bridgehead atoms. The van der Waals surface area contributed by atoms with Gasteiger partial charge in [0.05, 0.1) is 5.56 Å². The van der Waals surface area contributed by atoms with Gasteiger partial charge in [0.2, 0.25) is 5.89 Å². The molecule has 6 heteroatoms. The molecule has 5 nitrogen and oxygen atoms in total. The summed E-state index contributed by atoms with van der Waals surface area (Å²) in [4.78, 5) is 20.0. The first kappa shape index (κ1) is 14.1. The van der Waals surface area contributed by atoms with Crippen LogP contribution in [0, 0.1) is 6.92 Å². The molecule has 21 heavy (non-hydrogen) atoms. The molecule has 2 aromatic rings. The molecule has 0 aliphatic carbocycles. The van der Waals surface area contributed by atoms with Crippen molar-refractivity contribution in [2.75, 3.05) is 12.8 Å². The van der Waals surface area contributed by atoms with Gasteiger partial charge in [0.25, 0.3) is 5.91 Å². The maximum absolute atomic E-state index is 12.8. The van der Waals surface area contributed by atoms with Crippen LogP contribution < -0.4 is 0 Å². The fourth-order valence-electron chi connectivity index (χ4n) is 2.69. The van der Waals surface area contributed by atoms with E-state index in [9.17, 15) is 4.79 Å². The number of amides is 1. The van der Waals surface area contributed by atoms with Gasteiger partial charge in [-0.1, -0.05) is 17.3 Å². The van der Waals surface area contributed by atoms with Gasteiger partial charge in [0, 0.05) is 11.4 Å². The summed E-state index contributed by atoms with van der Waals surface area (Å²) >= 11 is 1.58. The minimum Gasteiger partial charge on any atom is -0.337 e. The van der Waals surface area contributed by atoms with Crippen LogP contribution in [0.1, 0.15) is 41.0 Å². The van der Waals surface area contributed by atoms with E-state index >= 15 is 0 Å². The molecule has 3 rings (SSSR count). The largest absolute Gasteiger partial charge is 0.337 e. The zero-order valence-electron chi connectivity index (χ0n) is 12.1. The van der Waals surface area contributed by atoms with Crippen LogP contribution in [0.4, 0.5) is 0 Å². The van der Waals surface area contributed by atoms with E-state index in [0.29, 0.717) is 11.7 Å². The zero-order valence-corrected chi connectivity index (χ0v) is 12.9. The Morgan fingerprint density at radius 3 is 2.95 bits per heavy atom. The number of aryl methyl sites for hydroxylation is 1. The van der Waals surface area contributed by atoms with Crippen LogP contribution in [0.25, 0.3) is 0 Å². The highest BCUT2D eigenvalue weighted by atomic mass is 32.2. The van der Waals surface area contributed by atoms with E-state index in [1.54, 1.807) is 18.7 Å². The number of likely N-dealkylation sites (tertiary alicyclic amines) is 1. The Morgan fingerprint density at radius 2 is 2.24 bits per heavy atom. The van der Waals surface area contributed by atoms with Crippen molar-refractivity contribution in [3.63, 3.8) is 0 Å². The van der Waals surface area contributed by atoms with Crippen molar-refractivity contribution in [2.24, 2.45) is 0 Å². The molecular formula is C15H17N3O2S. The molecule has 0 radical (unpaired) electrons. The molecule has 110 valence electrons. The third-order valence-corrected chi connectivity index (χ3v) is 4.48. The standard InChI is InChI=1S/C15H17N3O2S/c1-10-16-14(20-17-10)12-7-5-9-18(12)15(19)11-6-3-4-8-13(11)21-2/h3-4,6,8,12H,5,7,9H2,1-2H3. The molecule has 2 heterocycles. The van der Waals surface area contributed by atoms with Gasteiger partial charge in [-0.3, -0.25) is 4.79 Å². The predicted octanol–water partition coefficient (Wildman–Crippen LogP) is 3.08. The van der Waals surface area contributed by atoms with E-state index in [0.717, 1.165) is 29.8 Å². The average molecular weight is 303 g/mol. The summed E-state index contributed by atoms with van der Waals surface area (Å²) in [6.45, 7) is 2.52. The summed E-state index contributed by atoms with van der Waals surface area (Å²) in [5, 5.41) is 3.83. The molecule has 1 unspecified atom stereocenters. The zero-order chi connectivity index (χ0) is 14.8. The summed E-state index contributed by atoms with van der Waals surface area (Å²) in [7, 11) is 0. The Morgan fingerprint density at radius 1 is 1.43 bits per heavy atom. The van der Waals surface area contributed by atoms with Crippen molar-refractivity contribution in [3.05, 3.63) is 41.5 Å². The fraction of sp³-hybridized carbons (Fsp3) is 0.400. The van der Waals surface area contributed by atoms with E-state index in [1.165, 1.54) is 0 Å². The second kappa shape index (κ2) is 5.89. The molecule has 0 N–H and O–H groups in total. The third kappa shape index (κ3) is 2.68. The van der Waals surface area contributed by atoms with Gasteiger partial charge >= 0.3 is 0 Å². The number of rotatable bonds is 3. The molecule has 1 aliphatic heterocycles. The van der Waals surface area contributed by atoms with E-state index in [4.69, 9.17) is 4.52 Å². The van der Waals surface area contributed by atoms with Gasteiger partial charge in [-0.05, 0) is 38.2 Å². The number of nitrogens with zero attached hydrogens (tertiary/aromatic N) is 3. The number of carbonyl (C=O) groups is 1. The molecule has 0 spiro atoms. The van der Waals surface area contributed by atoms with Crippen molar-refractivity contribution in [2.45, 2.75) is 30.7 Å². The summed E-state index contributed by atoms with van der Waals surface area (Å²) < 4.78 is 5.26. The lowest BCUT2D eigenvalue weighted by atomic mass is 10.1. The highest BCUT2D eigenvalue weighted by molar-refractivity contribution is 7.98. The summed E-state index contributed by atoms with van der Waals surface area (Å²) in [5.41, 5.74) is 0.744. The predicted molar refractivity (Wildman–Crippen MR) is 80.3 cm³/mol. The molecule has 1 aromatic carbocycles. The smallest absolute Gasteiger partial charge is 0.255 e. The maximum Gasteiger partial charge on any atom is 0.255 e. The number of hydrogen-bond acceptors (Lipinski definition) is 5. The lowest BCUT2D eigenvalue weighted by Gasteiger charge is -2.22. The molecule has 1 aromatic heterocycles. The first-order chi connectivity index (χ1) is 10.2. The number of carbonyl (C=O) groups excluding carboxylic acids is 1. The van der Waals surface area contributed by atoms with E-state index in [1.807, 2.05) is 35.4 Å². The minimum absolute atomic E-state index is 0.0401. The number of benzene rings is 1. The van der Waals surface area contributed by atoms with Gasteiger partial charge in [-0.2, -0.15) is 4.98 Å².